The Kier molecular flexibility index (Phi) is 4.48. The predicted octanol–water partition coefficient (Wildman–Crippen LogP) is 0.537. The smallest absolute Gasteiger partial charge is 0.234 e. The van der Waals surface area contributed by atoms with E-state index in [0.29, 0.717) is 26.3 Å². The van der Waals surface area contributed by atoms with Gasteiger partial charge in [0, 0.05) is 44.9 Å². The highest BCUT2D eigenvalue weighted by atomic mass is 16.7. The standard InChI is InChI=1S/C15H21N3O3/c19-14(17-11-13-1-5-16-6-2-13)12-18-7-3-15(4-8-18)20-9-10-21-15/h1-2,5-6H,3-4,7-12H2,(H,17,19). The molecule has 0 unspecified atom stereocenters. The summed E-state index contributed by atoms with van der Waals surface area (Å²) in [6, 6.07) is 3.80. The maximum absolute atomic E-state index is 12.0. The molecule has 1 N–H and O–H groups in total. The number of pyridine rings is 1. The lowest BCUT2D eigenvalue weighted by atomic mass is 10.0. The highest BCUT2D eigenvalue weighted by Gasteiger charge is 2.39. The normalized spacial score (nSPS) is 21.5. The van der Waals surface area contributed by atoms with Crippen LogP contribution in [-0.4, -0.2) is 54.4 Å². The van der Waals surface area contributed by atoms with E-state index >= 15 is 0 Å². The van der Waals surface area contributed by atoms with Crippen LogP contribution < -0.4 is 5.32 Å². The number of carbonyl (C=O) groups is 1. The largest absolute Gasteiger partial charge is 0.351 e. The molecular weight excluding hydrogens is 270 g/mol. The van der Waals surface area contributed by atoms with Crippen LogP contribution in [0, 0.1) is 0 Å². The van der Waals surface area contributed by atoms with Crippen molar-refractivity contribution in [2.45, 2.75) is 25.2 Å². The second-order valence-electron chi connectivity index (χ2n) is 5.52. The van der Waals surface area contributed by atoms with Gasteiger partial charge in [-0.3, -0.25) is 14.7 Å². The van der Waals surface area contributed by atoms with Crippen molar-refractivity contribution in [2.75, 3.05) is 32.8 Å². The fraction of sp³-hybridized carbons (Fsp3) is 0.600. The van der Waals surface area contributed by atoms with Gasteiger partial charge in [0.2, 0.25) is 5.91 Å². The van der Waals surface area contributed by atoms with Crippen molar-refractivity contribution >= 4 is 5.91 Å². The van der Waals surface area contributed by atoms with E-state index in [1.807, 2.05) is 12.1 Å². The Balaban J connectivity index is 1.40. The number of nitrogens with zero attached hydrogens (tertiary/aromatic N) is 2. The van der Waals surface area contributed by atoms with Crippen LogP contribution in [0.1, 0.15) is 18.4 Å². The third-order valence-corrected chi connectivity index (χ3v) is 4.04. The minimum absolute atomic E-state index is 0.0519. The molecule has 0 atom stereocenters. The summed E-state index contributed by atoms with van der Waals surface area (Å²) in [5.74, 6) is -0.319. The molecule has 6 nitrogen and oxygen atoms in total. The van der Waals surface area contributed by atoms with E-state index in [9.17, 15) is 4.79 Å². The number of ether oxygens (including phenoxy) is 2. The topological polar surface area (TPSA) is 63.7 Å². The summed E-state index contributed by atoms with van der Waals surface area (Å²) >= 11 is 0. The van der Waals surface area contributed by atoms with Crippen LogP contribution in [0.4, 0.5) is 0 Å². The van der Waals surface area contributed by atoms with E-state index in [4.69, 9.17) is 9.47 Å². The maximum Gasteiger partial charge on any atom is 0.234 e. The Morgan fingerprint density at radius 3 is 2.57 bits per heavy atom. The Hall–Kier alpha value is -1.50. The van der Waals surface area contributed by atoms with Gasteiger partial charge in [0.15, 0.2) is 5.79 Å². The average Bonchev–Trinajstić information content (AvgIpc) is 2.97. The van der Waals surface area contributed by atoms with Crippen molar-refractivity contribution in [3.63, 3.8) is 0 Å². The zero-order valence-corrected chi connectivity index (χ0v) is 12.1. The summed E-state index contributed by atoms with van der Waals surface area (Å²) in [4.78, 5) is 18.1. The number of nitrogens with one attached hydrogen (secondary N) is 1. The lowest BCUT2D eigenvalue weighted by Gasteiger charge is -2.37. The van der Waals surface area contributed by atoms with Gasteiger partial charge in [0.05, 0.1) is 19.8 Å². The van der Waals surface area contributed by atoms with E-state index in [0.717, 1.165) is 31.5 Å². The Labute approximate surface area is 124 Å². The second-order valence-corrected chi connectivity index (χ2v) is 5.52. The number of amides is 1. The fourth-order valence-corrected chi connectivity index (χ4v) is 2.80. The van der Waals surface area contributed by atoms with E-state index in [1.165, 1.54) is 0 Å². The minimum Gasteiger partial charge on any atom is -0.351 e. The Morgan fingerprint density at radius 2 is 1.90 bits per heavy atom. The second kappa shape index (κ2) is 6.51. The quantitative estimate of drug-likeness (QED) is 0.877. The first kappa shape index (κ1) is 14.4. The molecule has 2 aliphatic rings. The van der Waals surface area contributed by atoms with Crippen molar-refractivity contribution in [2.24, 2.45) is 0 Å². The molecule has 21 heavy (non-hydrogen) atoms. The van der Waals surface area contributed by atoms with Crippen LogP contribution in [0.3, 0.4) is 0 Å². The van der Waals surface area contributed by atoms with Crippen LogP contribution in [-0.2, 0) is 20.8 Å². The molecule has 2 saturated heterocycles. The van der Waals surface area contributed by atoms with Crippen molar-refractivity contribution < 1.29 is 14.3 Å². The van der Waals surface area contributed by atoms with Crippen molar-refractivity contribution in [1.82, 2.24) is 15.2 Å². The molecule has 3 rings (SSSR count). The van der Waals surface area contributed by atoms with Gasteiger partial charge in [-0.1, -0.05) is 0 Å². The zero-order chi connectivity index (χ0) is 14.5. The fourth-order valence-electron chi connectivity index (χ4n) is 2.80. The molecule has 0 radical (unpaired) electrons. The molecule has 1 spiro atoms. The highest BCUT2D eigenvalue weighted by Crippen LogP contribution is 2.30. The Morgan fingerprint density at radius 1 is 1.24 bits per heavy atom. The average molecular weight is 291 g/mol. The molecule has 2 fully saturated rings. The molecule has 3 heterocycles. The molecule has 1 amide bonds. The lowest BCUT2D eigenvalue weighted by Crippen LogP contribution is -2.48. The molecule has 0 aromatic carbocycles. The van der Waals surface area contributed by atoms with E-state index in [1.54, 1.807) is 12.4 Å². The number of carbonyl (C=O) groups excluding carboxylic acids is 1. The van der Waals surface area contributed by atoms with Crippen LogP contribution >= 0.6 is 0 Å². The number of hydrogen-bond donors (Lipinski definition) is 1. The molecule has 1 aromatic rings. The van der Waals surface area contributed by atoms with Crippen molar-refractivity contribution in [3.05, 3.63) is 30.1 Å². The van der Waals surface area contributed by atoms with Gasteiger partial charge in [-0.25, -0.2) is 0 Å². The third-order valence-electron chi connectivity index (χ3n) is 4.04. The summed E-state index contributed by atoms with van der Waals surface area (Å²) in [6.07, 6.45) is 5.13. The molecule has 114 valence electrons. The number of likely N-dealkylation sites (tertiary alicyclic amines) is 1. The van der Waals surface area contributed by atoms with Gasteiger partial charge in [-0.05, 0) is 17.7 Å². The van der Waals surface area contributed by atoms with Gasteiger partial charge < -0.3 is 14.8 Å². The number of piperidine rings is 1. The van der Waals surface area contributed by atoms with E-state index in [-0.39, 0.29) is 11.7 Å². The summed E-state index contributed by atoms with van der Waals surface area (Å²) in [5, 5.41) is 2.94. The number of hydrogen-bond acceptors (Lipinski definition) is 5. The third kappa shape index (κ3) is 3.78. The monoisotopic (exact) mass is 291 g/mol. The molecule has 0 aliphatic carbocycles. The first-order valence-electron chi connectivity index (χ1n) is 7.42. The van der Waals surface area contributed by atoms with Crippen LogP contribution in [0.15, 0.2) is 24.5 Å². The van der Waals surface area contributed by atoms with E-state index < -0.39 is 0 Å². The SMILES string of the molecule is O=C(CN1CCC2(CC1)OCCO2)NCc1ccncc1. The van der Waals surface area contributed by atoms with Crippen molar-refractivity contribution in [3.8, 4) is 0 Å². The summed E-state index contributed by atoms with van der Waals surface area (Å²) in [6.45, 7) is 4.02. The van der Waals surface area contributed by atoms with Crippen LogP contribution in [0.2, 0.25) is 0 Å². The summed E-state index contributed by atoms with van der Waals surface area (Å²) in [7, 11) is 0. The number of rotatable bonds is 4. The number of aromatic nitrogens is 1. The first-order valence-corrected chi connectivity index (χ1v) is 7.42. The van der Waals surface area contributed by atoms with Gasteiger partial charge in [-0.15, -0.1) is 0 Å². The van der Waals surface area contributed by atoms with Gasteiger partial charge >= 0.3 is 0 Å². The van der Waals surface area contributed by atoms with Gasteiger partial charge in [0.1, 0.15) is 0 Å². The molecule has 2 aliphatic heterocycles. The van der Waals surface area contributed by atoms with Crippen LogP contribution in [0.5, 0.6) is 0 Å². The molecule has 6 heteroatoms. The van der Waals surface area contributed by atoms with E-state index in [2.05, 4.69) is 15.2 Å². The summed E-state index contributed by atoms with van der Waals surface area (Å²) < 4.78 is 11.4. The van der Waals surface area contributed by atoms with Gasteiger partial charge in [0.25, 0.3) is 0 Å². The summed E-state index contributed by atoms with van der Waals surface area (Å²) in [5.41, 5.74) is 1.06. The van der Waals surface area contributed by atoms with Crippen molar-refractivity contribution in [1.29, 1.82) is 0 Å². The zero-order valence-electron chi connectivity index (χ0n) is 12.1. The minimum atomic E-state index is -0.371. The molecule has 0 bridgehead atoms. The first-order chi connectivity index (χ1) is 10.3. The maximum atomic E-state index is 12.0. The lowest BCUT2D eigenvalue weighted by molar-refractivity contribution is -0.185. The highest BCUT2D eigenvalue weighted by molar-refractivity contribution is 5.78. The predicted molar refractivity (Wildman–Crippen MR) is 76.4 cm³/mol. The Bertz CT molecular complexity index is 464. The molecular formula is C15H21N3O3. The van der Waals surface area contributed by atoms with Crippen LogP contribution in [0.25, 0.3) is 0 Å². The van der Waals surface area contributed by atoms with Gasteiger partial charge in [-0.2, -0.15) is 0 Å². The molecule has 0 saturated carbocycles. The molecule has 1 aromatic heterocycles.